The number of anilines is 1. The first-order valence-corrected chi connectivity index (χ1v) is 8.48. The molecule has 1 aliphatic rings. The molecule has 0 bridgehead atoms. The molecule has 2 rings (SSSR count). The molecule has 3 N–H and O–H groups in total. The number of thioether (sulfide) groups is 1. The van der Waals surface area contributed by atoms with E-state index >= 15 is 0 Å². The zero-order valence-corrected chi connectivity index (χ0v) is 12.1. The van der Waals surface area contributed by atoms with Gasteiger partial charge in [0.1, 0.15) is 6.07 Å². The molecular weight excluding hydrogens is 282 g/mol. The Balaban J connectivity index is 2.23. The molecule has 1 saturated carbocycles. The first-order valence-electron chi connectivity index (χ1n) is 5.77. The van der Waals surface area contributed by atoms with Gasteiger partial charge in [0.2, 0.25) is 10.0 Å². The van der Waals surface area contributed by atoms with Crippen LogP contribution < -0.4 is 10.5 Å². The molecule has 0 amide bonds. The molecule has 0 aliphatic heterocycles. The summed E-state index contributed by atoms with van der Waals surface area (Å²) in [5, 5.41) is 8.99. The number of nitrogens with zero attached hydrogens (tertiary/aromatic N) is 1. The molecule has 0 saturated heterocycles. The smallest absolute Gasteiger partial charge is 0.241 e. The molecule has 1 aliphatic carbocycles. The third-order valence-electron chi connectivity index (χ3n) is 3.24. The monoisotopic (exact) mass is 297 g/mol. The minimum atomic E-state index is -3.66. The normalized spacial score (nSPS) is 16.8. The fourth-order valence-electron chi connectivity index (χ4n) is 1.77. The van der Waals surface area contributed by atoms with Crippen molar-refractivity contribution in [3.63, 3.8) is 0 Å². The predicted octanol–water partition coefficient (Wildman–Crippen LogP) is 1.31. The van der Waals surface area contributed by atoms with Gasteiger partial charge < -0.3 is 5.73 Å². The summed E-state index contributed by atoms with van der Waals surface area (Å²) in [5.41, 5.74) is 6.00. The van der Waals surface area contributed by atoms with Gasteiger partial charge in [0.15, 0.2) is 0 Å². The minimum Gasteiger partial charge on any atom is -0.399 e. The SMILES string of the molecule is CSC1(CNS(=O)(=O)c2ccc(N)cc2C#N)CC1. The van der Waals surface area contributed by atoms with Gasteiger partial charge in [-0.2, -0.15) is 17.0 Å². The summed E-state index contributed by atoms with van der Waals surface area (Å²) in [5.74, 6) is 0. The van der Waals surface area contributed by atoms with Gasteiger partial charge in [-0.1, -0.05) is 0 Å². The maximum atomic E-state index is 12.2. The van der Waals surface area contributed by atoms with Gasteiger partial charge in [-0.15, -0.1) is 0 Å². The van der Waals surface area contributed by atoms with Crippen LogP contribution in [-0.4, -0.2) is 26.0 Å². The topological polar surface area (TPSA) is 96.0 Å². The summed E-state index contributed by atoms with van der Waals surface area (Å²) < 4.78 is 27.0. The quantitative estimate of drug-likeness (QED) is 0.799. The van der Waals surface area contributed by atoms with E-state index in [2.05, 4.69) is 4.72 Å². The summed E-state index contributed by atoms with van der Waals surface area (Å²) in [6.07, 6.45) is 4.01. The van der Waals surface area contributed by atoms with Gasteiger partial charge in [0.25, 0.3) is 0 Å². The molecule has 5 nitrogen and oxygen atoms in total. The van der Waals surface area contributed by atoms with Crippen LogP contribution in [0.1, 0.15) is 18.4 Å². The van der Waals surface area contributed by atoms with Crippen molar-refractivity contribution < 1.29 is 8.42 Å². The average molecular weight is 297 g/mol. The van der Waals surface area contributed by atoms with Crippen LogP contribution in [0.3, 0.4) is 0 Å². The number of nitrogen functional groups attached to an aromatic ring is 1. The lowest BCUT2D eigenvalue weighted by atomic mass is 10.2. The van der Waals surface area contributed by atoms with E-state index in [1.165, 1.54) is 18.2 Å². The lowest BCUT2D eigenvalue weighted by Crippen LogP contribution is -2.32. The largest absolute Gasteiger partial charge is 0.399 e. The third-order valence-corrected chi connectivity index (χ3v) is 6.12. The highest BCUT2D eigenvalue weighted by molar-refractivity contribution is 8.00. The van der Waals surface area contributed by atoms with Crippen LogP contribution in [0, 0.1) is 11.3 Å². The van der Waals surface area contributed by atoms with Crippen LogP contribution in [-0.2, 0) is 10.0 Å². The Morgan fingerprint density at radius 1 is 1.53 bits per heavy atom. The highest BCUT2D eigenvalue weighted by atomic mass is 32.2. The lowest BCUT2D eigenvalue weighted by molar-refractivity contribution is 0.579. The van der Waals surface area contributed by atoms with Gasteiger partial charge in [0.05, 0.1) is 10.5 Å². The Morgan fingerprint density at radius 3 is 2.74 bits per heavy atom. The van der Waals surface area contributed by atoms with Crippen molar-refractivity contribution in [2.45, 2.75) is 22.5 Å². The highest BCUT2D eigenvalue weighted by Crippen LogP contribution is 2.46. The summed E-state index contributed by atoms with van der Waals surface area (Å²) in [6.45, 7) is 0.395. The summed E-state index contributed by atoms with van der Waals surface area (Å²) >= 11 is 1.67. The van der Waals surface area contributed by atoms with Crippen LogP contribution in [0.15, 0.2) is 23.1 Å². The zero-order valence-electron chi connectivity index (χ0n) is 10.5. The maximum Gasteiger partial charge on any atom is 0.241 e. The second kappa shape index (κ2) is 5.04. The van der Waals surface area contributed by atoms with Crippen molar-refractivity contribution in [3.05, 3.63) is 23.8 Å². The average Bonchev–Trinajstić information content (AvgIpc) is 3.17. The Morgan fingerprint density at radius 2 is 2.21 bits per heavy atom. The number of rotatable bonds is 5. The van der Waals surface area contributed by atoms with E-state index in [0.29, 0.717) is 12.2 Å². The molecule has 1 aromatic rings. The highest BCUT2D eigenvalue weighted by Gasteiger charge is 2.42. The number of hydrogen-bond donors (Lipinski definition) is 2. The molecule has 0 aromatic heterocycles. The molecule has 1 fully saturated rings. The van der Waals surface area contributed by atoms with Crippen LogP contribution in [0.4, 0.5) is 5.69 Å². The second-order valence-electron chi connectivity index (χ2n) is 4.58. The van der Waals surface area contributed by atoms with E-state index in [0.717, 1.165) is 12.8 Å². The van der Waals surface area contributed by atoms with E-state index in [-0.39, 0.29) is 15.2 Å². The molecular formula is C12H15N3O2S2. The molecule has 102 valence electrons. The number of nitrogens with one attached hydrogen (secondary N) is 1. The van der Waals surface area contributed by atoms with E-state index in [1.54, 1.807) is 11.8 Å². The fraction of sp³-hybridized carbons (Fsp3) is 0.417. The molecule has 0 spiro atoms. The lowest BCUT2D eigenvalue weighted by Gasteiger charge is -2.14. The van der Waals surface area contributed by atoms with Crippen molar-refractivity contribution in [1.29, 1.82) is 5.26 Å². The standard InChI is InChI=1S/C12H15N3O2S2/c1-18-12(4-5-12)8-15-19(16,17)11-3-2-10(14)6-9(11)7-13/h2-3,6,15H,4-5,8,14H2,1H3. The molecule has 7 heteroatoms. The van der Waals surface area contributed by atoms with Gasteiger partial charge in [0, 0.05) is 17.0 Å². The van der Waals surface area contributed by atoms with E-state index < -0.39 is 10.0 Å². The number of benzene rings is 1. The van der Waals surface area contributed by atoms with E-state index in [4.69, 9.17) is 11.0 Å². The fourth-order valence-corrected chi connectivity index (χ4v) is 3.85. The number of hydrogen-bond acceptors (Lipinski definition) is 5. The van der Waals surface area contributed by atoms with Gasteiger partial charge in [-0.05, 0) is 37.3 Å². The van der Waals surface area contributed by atoms with E-state index in [9.17, 15) is 8.42 Å². The Kier molecular flexibility index (Phi) is 3.76. The maximum absolute atomic E-state index is 12.2. The minimum absolute atomic E-state index is 0.0129. The van der Waals surface area contributed by atoms with Crippen LogP contribution in [0.25, 0.3) is 0 Å². The number of sulfonamides is 1. The Hall–Kier alpha value is -1.23. The van der Waals surface area contributed by atoms with Crippen LogP contribution in [0.5, 0.6) is 0 Å². The van der Waals surface area contributed by atoms with Gasteiger partial charge >= 0.3 is 0 Å². The molecule has 0 atom stereocenters. The Labute approximate surface area is 117 Å². The number of nitriles is 1. The van der Waals surface area contributed by atoms with Crippen molar-refractivity contribution in [2.75, 3.05) is 18.5 Å². The van der Waals surface area contributed by atoms with Crippen LogP contribution >= 0.6 is 11.8 Å². The predicted molar refractivity (Wildman–Crippen MR) is 76.2 cm³/mol. The second-order valence-corrected chi connectivity index (χ2v) is 7.59. The first kappa shape index (κ1) is 14.2. The third kappa shape index (κ3) is 3.03. The van der Waals surface area contributed by atoms with Crippen molar-refractivity contribution in [1.82, 2.24) is 4.72 Å². The van der Waals surface area contributed by atoms with Crippen molar-refractivity contribution in [2.24, 2.45) is 0 Å². The molecule has 0 radical (unpaired) electrons. The first-order chi connectivity index (χ1) is 8.92. The molecule has 1 aromatic carbocycles. The van der Waals surface area contributed by atoms with Crippen molar-refractivity contribution in [3.8, 4) is 6.07 Å². The van der Waals surface area contributed by atoms with Gasteiger partial charge in [-0.25, -0.2) is 13.1 Å². The van der Waals surface area contributed by atoms with E-state index in [1.807, 2.05) is 12.3 Å². The zero-order chi connectivity index (χ0) is 14.1. The number of nitrogens with two attached hydrogens (primary N) is 1. The molecule has 0 unspecified atom stereocenters. The van der Waals surface area contributed by atoms with Gasteiger partial charge in [-0.3, -0.25) is 0 Å². The molecule has 19 heavy (non-hydrogen) atoms. The van der Waals surface area contributed by atoms with Crippen molar-refractivity contribution >= 4 is 27.5 Å². The molecule has 0 heterocycles. The van der Waals surface area contributed by atoms with Crippen LogP contribution in [0.2, 0.25) is 0 Å². The Bertz CT molecular complexity index is 631. The summed E-state index contributed by atoms with van der Waals surface area (Å²) in [7, 11) is -3.66. The summed E-state index contributed by atoms with van der Waals surface area (Å²) in [6, 6.07) is 6.09. The summed E-state index contributed by atoms with van der Waals surface area (Å²) in [4.78, 5) is -0.0129.